The molecule has 3 nitrogen and oxygen atoms in total. The molecule has 3 heteroatoms. The molecule has 0 radical (unpaired) electrons. The summed E-state index contributed by atoms with van der Waals surface area (Å²) in [4.78, 5) is 3.85. The van der Waals surface area contributed by atoms with E-state index in [1.54, 1.807) is 12.4 Å². The van der Waals surface area contributed by atoms with Gasteiger partial charge in [0.2, 0.25) is 0 Å². The molecule has 0 bridgehead atoms. The average Bonchev–Trinajstić information content (AvgIpc) is 1.88. The first kappa shape index (κ1) is 7.02. The summed E-state index contributed by atoms with van der Waals surface area (Å²) >= 11 is 0. The molecule has 0 aliphatic carbocycles. The van der Waals surface area contributed by atoms with E-state index < -0.39 is 0 Å². The predicted octanol–water partition coefficient (Wildman–Crippen LogP) is 0.684. The van der Waals surface area contributed by atoms with Crippen LogP contribution in [0.1, 0.15) is 18.5 Å². The van der Waals surface area contributed by atoms with Crippen LogP contribution in [0, 0.1) is 0 Å². The molecule has 0 aliphatic rings. The van der Waals surface area contributed by atoms with Gasteiger partial charge >= 0.3 is 0 Å². The van der Waals surface area contributed by atoms with Crippen LogP contribution in [0.4, 0.5) is 5.69 Å². The monoisotopic (exact) mass is 137 g/mol. The standard InChI is InChI=1S/C7H11N3/c1-5(8)6-2-3-10-4-7(6)9/h2-5H,8-9H2,1H3/t5-/m1/s1. The maximum atomic E-state index is 5.61. The minimum atomic E-state index is -0.0111. The third kappa shape index (κ3) is 1.25. The number of anilines is 1. The SMILES string of the molecule is C[C@@H](N)c1ccncc1N. The first-order valence-corrected chi connectivity index (χ1v) is 3.17. The fraction of sp³-hybridized carbons (Fsp3) is 0.286. The van der Waals surface area contributed by atoms with E-state index in [2.05, 4.69) is 4.98 Å². The van der Waals surface area contributed by atoms with Crippen molar-refractivity contribution in [2.24, 2.45) is 5.73 Å². The molecule has 1 rings (SSSR count). The Morgan fingerprint density at radius 3 is 2.70 bits per heavy atom. The van der Waals surface area contributed by atoms with Gasteiger partial charge in [0.05, 0.1) is 11.9 Å². The van der Waals surface area contributed by atoms with Crippen LogP contribution in [0.25, 0.3) is 0 Å². The largest absolute Gasteiger partial charge is 0.397 e. The smallest absolute Gasteiger partial charge is 0.0548 e. The van der Waals surface area contributed by atoms with E-state index in [1.165, 1.54) is 0 Å². The van der Waals surface area contributed by atoms with Crippen LogP contribution in [0.5, 0.6) is 0 Å². The molecule has 0 aromatic carbocycles. The Morgan fingerprint density at radius 1 is 1.60 bits per heavy atom. The number of hydrogen-bond acceptors (Lipinski definition) is 3. The molecule has 0 aliphatic heterocycles. The maximum absolute atomic E-state index is 5.61. The highest BCUT2D eigenvalue weighted by atomic mass is 14.7. The van der Waals surface area contributed by atoms with Gasteiger partial charge in [0.15, 0.2) is 0 Å². The van der Waals surface area contributed by atoms with E-state index in [0.717, 1.165) is 5.56 Å². The van der Waals surface area contributed by atoms with E-state index in [0.29, 0.717) is 5.69 Å². The molecule has 0 fully saturated rings. The van der Waals surface area contributed by atoms with E-state index in [-0.39, 0.29) is 6.04 Å². The first-order chi connectivity index (χ1) is 4.72. The zero-order chi connectivity index (χ0) is 7.56. The van der Waals surface area contributed by atoms with Crippen molar-refractivity contribution in [3.8, 4) is 0 Å². The van der Waals surface area contributed by atoms with Crippen molar-refractivity contribution >= 4 is 5.69 Å². The quantitative estimate of drug-likeness (QED) is 0.598. The molecule has 0 spiro atoms. The number of hydrogen-bond donors (Lipinski definition) is 2. The van der Waals surface area contributed by atoms with E-state index in [1.807, 2.05) is 13.0 Å². The van der Waals surface area contributed by atoms with Crippen molar-refractivity contribution in [2.75, 3.05) is 5.73 Å². The zero-order valence-corrected chi connectivity index (χ0v) is 5.91. The lowest BCUT2D eigenvalue weighted by atomic mass is 10.1. The van der Waals surface area contributed by atoms with Crippen LogP contribution >= 0.6 is 0 Å². The lowest BCUT2D eigenvalue weighted by Crippen LogP contribution is -2.07. The van der Waals surface area contributed by atoms with Gasteiger partial charge in [0, 0.05) is 12.2 Å². The van der Waals surface area contributed by atoms with Crippen molar-refractivity contribution in [3.05, 3.63) is 24.0 Å². The van der Waals surface area contributed by atoms with Crippen molar-refractivity contribution < 1.29 is 0 Å². The third-order valence-corrected chi connectivity index (χ3v) is 1.38. The van der Waals surface area contributed by atoms with Gasteiger partial charge in [-0.05, 0) is 18.6 Å². The second-order valence-electron chi connectivity index (χ2n) is 2.29. The fourth-order valence-electron chi connectivity index (χ4n) is 0.832. The number of pyridine rings is 1. The summed E-state index contributed by atoms with van der Waals surface area (Å²) in [5.41, 5.74) is 12.8. The number of nitrogens with zero attached hydrogens (tertiary/aromatic N) is 1. The predicted molar refractivity (Wildman–Crippen MR) is 41.3 cm³/mol. The second-order valence-corrected chi connectivity index (χ2v) is 2.29. The Hall–Kier alpha value is -1.09. The van der Waals surface area contributed by atoms with Crippen LogP contribution in [0.15, 0.2) is 18.5 Å². The highest BCUT2D eigenvalue weighted by Gasteiger charge is 2.01. The number of nitrogens with two attached hydrogens (primary N) is 2. The number of aromatic nitrogens is 1. The summed E-state index contributed by atoms with van der Waals surface area (Å²) < 4.78 is 0. The molecule has 1 heterocycles. The molecule has 0 saturated carbocycles. The topological polar surface area (TPSA) is 64.9 Å². The van der Waals surface area contributed by atoms with Crippen LogP contribution in [-0.4, -0.2) is 4.98 Å². The normalized spacial score (nSPS) is 13.0. The number of nitrogen functional groups attached to an aromatic ring is 1. The molecular weight excluding hydrogens is 126 g/mol. The minimum Gasteiger partial charge on any atom is -0.397 e. The van der Waals surface area contributed by atoms with Crippen molar-refractivity contribution in [1.29, 1.82) is 0 Å². The van der Waals surface area contributed by atoms with Crippen LogP contribution in [0.2, 0.25) is 0 Å². The van der Waals surface area contributed by atoms with Crippen molar-refractivity contribution in [1.82, 2.24) is 4.98 Å². The van der Waals surface area contributed by atoms with Crippen LogP contribution in [-0.2, 0) is 0 Å². The van der Waals surface area contributed by atoms with Gasteiger partial charge in [-0.25, -0.2) is 0 Å². The van der Waals surface area contributed by atoms with E-state index in [4.69, 9.17) is 11.5 Å². The number of rotatable bonds is 1. The molecule has 54 valence electrons. The molecular formula is C7H11N3. The lowest BCUT2D eigenvalue weighted by molar-refractivity contribution is 0.819. The molecule has 10 heavy (non-hydrogen) atoms. The Balaban J connectivity index is 3.03. The summed E-state index contributed by atoms with van der Waals surface area (Å²) in [6.07, 6.45) is 3.30. The van der Waals surface area contributed by atoms with Crippen molar-refractivity contribution in [3.63, 3.8) is 0 Å². The Morgan fingerprint density at radius 2 is 2.30 bits per heavy atom. The van der Waals surface area contributed by atoms with Gasteiger partial charge in [-0.3, -0.25) is 4.98 Å². The van der Waals surface area contributed by atoms with E-state index >= 15 is 0 Å². The van der Waals surface area contributed by atoms with Gasteiger partial charge in [-0.1, -0.05) is 0 Å². The zero-order valence-electron chi connectivity index (χ0n) is 5.91. The molecule has 0 unspecified atom stereocenters. The van der Waals surface area contributed by atoms with Gasteiger partial charge in [0.25, 0.3) is 0 Å². The summed E-state index contributed by atoms with van der Waals surface area (Å²) in [7, 11) is 0. The summed E-state index contributed by atoms with van der Waals surface area (Å²) in [5.74, 6) is 0. The fourth-order valence-corrected chi connectivity index (χ4v) is 0.832. The molecule has 0 saturated heterocycles. The first-order valence-electron chi connectivity index (χ1n) is 3.17. The van der Waals surface area contributed by atoms with Crippen LogP contribution < -0.4 is 11.5 Å². The highest BCUT2D eigenvalue weighted by molar-refractivity contribution is 5.45. The van der Waals surface area contributed by atoms with Crippen LogP contribution in [0.3, 0.4) is 0 Å². The third-order valence-electron chi connectivity index (χ3n) is 1.38. The summed E-state index contributed by atoms with van der Waals surface area (Å²) in [5, 5.41) is 0. The Bertz CT molecular complexity index is 220. The second kappa shape index (κ2) is 2.66. The molecule has 1 aromatic heterocycles. The lowest BCUT2D eigenvalue weighted by Gasteiger charge is -2.06. The maximum Gasteiger partial charge on any atom is 0.0548 e. The van der Waals surface area contributed by atoms with Gasteiger partial charge in [-0.2, -0.15) is 0 Å². The molecule has 4 N–H and O–H groups in total. The highest BCUT2D eigenvalue weighted by Crippen LogP contribution is 2.14. The minimum absolute atomic E-state index is 0.0111. The summed E-state index contributed by atoms with van der Waals surface area (Å²) in [6.45, 7) is 1.89. The van der Waals surface area contributed by atoms with Gasteiger partial charge in [-0.15, -0.1) is 0 Å². The van der Waals surface area contributed by atoms with Gasteiger partial charge in [0.1, 0.15) is 0 Å². The molecule has 1 atom stereocenters. The van der Waals surface area contributed by atoms with Crippen molar-refractivity contribution in [2.45, 2.75) is 13.0 Å². The molecule has 1 aromatic rings. The average molecular weight is 137 g/mol. The Kier molecular flexibility index (Phi) is 1.87. The molecule has 0 amide bonds. The van der Waals surface area contributed by atoms with Gasteiger partial charge < -0.3 is 11.5 Å². The van der Waals surface area contributed by atoms with E-state index in [9.17, 15) is 0 Å². The summed E-state index contributed by atoms with van der Waals surface area (Å²) in [6, 6.07) is 1.82. The Labute approximate surface area is 60.1 Å².